The number of hydrogen-bond donors (Lipinski definition) is 1. The normalized spacial score (nSPS) is 21.6. The number of halogens is 2. The Morgan fingerprint density at radius 1 is 1.52 bits per heavy atom. The quantitative estimate of drug-likeness (QED) is 0.925. The molecule has 5 nitrogen and oxygen atoms in total. The van der Waals surface area contributed by atoms with E-state index in [-0.39, 0.29) is 17.2 Å². The molecule has 2 rings (SSSR count). The van der Waals surface area contributed by atoms with E-state index >= 15 is 0 Å². The van der Waals surface area contributed by atoms with Crippen LogP contribution in [0.15, 0.2) is 18.2 Å². The standard InChI is InChI=1S/C14H15ClFNO4/c1-21-8-14(13(19)20)5-2-6-17(14)12(18)10-4-3-9(16)7-11(10)15/h3-4,7H,2,5-6,8H2,1H3,(H,19,20). The summed E-state index contributed by atoms with van der Waals surface area (Å²) in [5.74, 6) is -2.20. The van der Waals surface area contributed by atoms with Crippen LogP contribution in [-0.4, -0.2) is 47.7 Å². The Kier molecular flexibility index (Phi) is 4.49. The van der Waals surface area contributed by atoms with Crippen LogP contribution >= 0.6 is 11.6 Å². The molecule has 1 aliphatic heterocycles. The lowest BCUT2D eigenvalue weighted by atomic mass is 9.96. The molecule has 1 fully saturated rings. The zero-order valence-electron chi connectivity index (χ0n) is 11.4. The third kappa shape index (κ3) is 2.73. The first-order valence-electron chi connectivity index (χ1n) is 6.42. The summed E-state index contributed by atoms with van der Waals surface area (Å²) >= 11 is 5.89. The summed E-state index contributed by atoms with van der Waals surface area (Å²) in [5, 5.41) is 9.47. The van der Waals surface area contributed by atoms with Gasteiger partial charge in [-0.25, -0.2) is 9.18 Å². The van der Waals surface area contributed by atoms with E-state index in [1.54, 1.807) is 0 Å². The van der Waals surface area contributed by atoms with Crippen molar-refractivity contribution in [3.63, 3.8) is 0 Å². The summed E-state index contributed by atoms with van der Waals surface area (Å²) in [6.45, 7) is 0.190. The second-order valence-electron chi connectivity index (χ2n) is 4.95. The fourth-order valence-electron chi connectivity index (χ4n) is 2.66. The first-order valence-corrected chi connectivity index (χ1v) is 6.79. The highest BCUT2D eigenvalue weighted by molar-refractivity contribution is 6.33. The molecule has 1 heterocycles. The highest BCUT2D eigenvalue weighted by Crippen LogP contribution is 2.33. The summed E-state index contributed by atoms with van der Waals surface area (Å²) in [6, 6.07) is 3.41. The summed E-state index contributed by atoms with van der Waals surface area (Å²) < 4.78 is 18.1. The van der Waals surface area contributed by atoms with Crippen LogP contribution < -0.4 is 0 Å². The smallest absolute Gasteiger partial charge is 0.332 e. The molecule has 1 amide bonds. The van der Waals surface area contributed by atoms with Crippen molar-refractivity contribution in [1.29, 1.82) is 0 Å². The Bertz CT molecular complexity index is 580. The van der Waals surface area contributed by atoms with Crippen molar-refractivity contribution >= 4 is 23.5 Å². The van der Waals surface area contributed by atoms with Crippen LogP contribution in [0.1, 0.15) is 23.2 Å². The van der Waals surface area contributed by atoms with Gasteiger partial charge in [0.05, 0.1) is 17.2 Å². The number of amides is 1. The maximum atomic E-state index is 13.1. The zero-order valence-corrected chi connectivity index (χ0v) is 12.2. The average molecular weight is 316 g/mol. The number of ether oxygens (including phenoxy) is 1. The van der Waals surface area contributed by atoms with Crippen LogP contribution in [0.5, 0.6) is 0 Å². The predicted octanol–water partition coefficient (Wildman–Crippen LogP) is 2.18. The fraction of sp³-hybridized carbons (Fsp3) is 0.429. The second kappa shape index (κ2) is 5.99. The van der Waals surface area contributed by atoms with E-state index < -0.39 is 23.2 Å². The summed E-state index contributed by atoms with van der Waals surface area (Å²) in [5.41, 5.74) is -1.31. The van der Waals surface area contributed by atoms with E-state index in [2.05, 4.69) is 0 Å². The molecule has 1 N–H and O–H groups in total. The molecule has 0 aliphatic carbocycles. The number of carbonyl (C=O) groups is 2. The lowest BCUT2D eigenvalue weighted by Crippen LogP contribution is -2.56. The molecule has 1 aliphatic rings. The average Bonchev–Trinajstić information content (AvgIpc) is 2.83. The van der Waals surface area contributed by atoms with Gasteiger partial charge in [-0.3, -0.25) is 4.79 Å². The molecule has 1 unspecified atom stereocenters. The second-order valence-corrected chi connectivity index (χ2v) is 5.36. The molecular formula is C14H15ClFNO4. The minimum atomic E-state index is -1.40. The number of carboxylic acids is 1. The first-order chi connectivity index (χ1) is 9.92. The van der Waals surface area contributed by atoms with Crippen molar-refractivity contribution in [3.8, 4) is 0 Å². The van der Waals surface area contributed by atoms with Crippen LogP contribution in [0.4, 0.5) is 4.39 Å². The third-order valence-electron chi connectivity index (χ3n) is 3.68. The van der Waals surface area contributed by atoms with Gasteiger partial charge in [-0.05, 0) is 31.0 Å². The minimum Gasteiger partial charge on any atom is -0.479 e. The van der Waals surface area contributed by atoms with Gasteiger partial charge in [0.1, 0.15) is 5.82 Å². The van der Waals surface area contributed by atoms with E-state index in [0.717, 1.165) is 12.1 Å². The van der Waals surface area contributed by atoms with Gasteiger partial charge in [0.15, 0.2) is 5.54 Å². The number of likely N-dealkylation sites (tertiary alicyclic amines) is 1. The Morgan fingerprint density at radius 3 is 2.81 bits per heavy atom. The molecule has 0 saturated carbocycles. The van der Waals surface area contributed by atoms with Gasteiger partial charge in [0, 0.05) is 13.7 Å². The van der Waals surface area contributed by atoms with Crippen molar-refractivity contribution < 1.29 is 23.8 Å². The van der Waals surface area contributed by atoms with E-state index in [9.17, 15) is 19.1 Å². The molecule has 0 radical (unpaired) electrons. The fourth-order valence-corrected chi connectivity index (χ4v) is 2.90. The Morgan fingerprint density at radius 2 is 2.24 bits per heavy atom. The zero-order chi connectivity index (χ0) is 15.6. The van der Waals surface area contributed by atoms with Gasteiger partial charge in [-0.15, -0.1) is 0 Å². The molecule has 1 aromatic carbocycles. The van der Waals surface area contributed by atoms with Crippen LogP contribution in [0.3, 0.4) is 0 Å². The Labute approximate surface area is 126 Å². The van der Waals surface area contributed by atoms with E-state index in [1.807, 2.05) is 0 Å². The molecule has 1 saturated heterocycles. The Balaban J connectivity index is 2.39. The van der Waals surface area contributed by atoms with Crippen LogP contribution in [0.25, 0.3) is 0 Å². The van der Waals surface area contributed by atoms with Gasteiger partial charge in [-0.2, -0.15) is 0 Å². The maximum absolute atomic E-state index is 13.1. The first kappa shape index (κ1) is 15.7. The molecule has 0 aromatic heterocycles. The SMILES string of the molecule is COCC1(C(=O)O)CCCN1C(=O)c1ccc(F)cc1Cl. The molecule has 7 heteroatoms. The monoisotopic (exact) mass is 315 g/mol. The van der Waals surface area contributed by atoms with Crippen molar-refractivity contribution in [2.24, 2.45) is 0 Å². The number of hydrogen-bond acceptors (Lipinski definition) is 3. The summed E-state index contributed by atoms with van der Waals surface area (Å²) in [7, 11) is 1.39. The van der Waals surface area contributed by atoms with Crippen LogP contribution in [0.2, 0.25) is 5.02 Å². The lowest BCUT2D eigenvalue weighted by Gasteiger charge is -2.34. The number of rotatable bonds is 4. The van der Waals surface area contributed by atoms with Crippen molar-refractivity contribution in [1.82, 2.24) is 4.90 Å². The van der Waals surface area contributed by atoms with Gasteiger partial charge in [0.2, 0.25) is 0 Å². The molecule has 0 bridgehead atoms. The molecule has 21 heavy (non-hydrogen) atoms. The van der Waals surface area contributed by atoms with Gasteiger partial charge >= 0.3 is 5.97 Å². The molecule has 0 spiro atoms. The number of benzene rings is 1. The van der Waals surface area contributed by atoms with Crippen molar-refractivity contribution in [3.05, 3.63) is 34.6 Å². The minimum absolute atomic E-state index is 0.0383. The largest absolute Gasteiger partial charge is 0.479 e. The lowest BCUT2D eigenvalue weighted by molar-refractivity contribution is -0.151. The maximum Gasteiger partial charge on any atom is 0.332 e. The number of carbonyl (C=O) groups excluding carboxylic acids is 1. The van der Waals surface area contributed by atoms with Crippen LogP contribution in [0, 0.1) is 5.82 Å². The van der Waals surface area contributed by atoms with E-state index in [0.29, 0.717) is 19.4 Å². The predicted molar refractivity (Wildman–Crippen MR) is 73.9 cm³/mol. The Hall–Kier alpha value is -1.66. The number of aliphatic carboxylic acids is 1. The van der Waals surface area contributed by atoms with E-state index in [4.69, 9.17) is 16.3 Å². The van der Waals surface area contributed by atoms with Crippen molar-refractivity contribution in [2.45, 2.75) is 18.4 Å². The van der Waals surface area contributed by atoms with Gasteiger partial charge in [0.25, 0.3) is 5.91 Å². The topological polar surface area (TPSA) is 66.8 Å². The number of methoxy groups -OCH3 is 1. The molecule has 114 valence electrons. The molecular weight excluding hydrogens is 301 g/mol. The highest BCUT2D eigenvalue weighted by atomic mass is 35.5. The molecule has 1 aromatic rings. The number of nitrogens with zero attached hydrogens (tertiary/aromatic N) is 1. The third-order valence-corrected chi connectivity index (χ3v) is 3.99. The molecule has 1 atom stereocenters. The van der Waals surface area contributed by atoms with Crippen molar-refractivity contribution in [2.75, 3.05) is 20.3 Å². The summed E-state index contributed by atoms with van der Waals surface area (Å²) in [6.07, 6.45) is 0.862. The van der Waals surface area contributed by atoms with E-state index in [1.165, 1.54) is 18.1 Å². The number of carboxylic acid groups (broad SMARTS) is 1. The van der Waals surface area contributed by atoms with Crippen LogP contribution in [-0.2, 0) is 9.53 Å². The summed E-state index contributed by atoms with van der Waals surface area (Å²) in [4.78, 5) is 25.5. The van der Waals surface area contributed by atoms with Gasteiger partial charge in [-0.1, -0.05) is 11.6 Å². The highest BCUT2D eigenvalue weighted by Gasteiger charge is 2.50. The van der Waals surface area contributed by atoms with Gasteiger partial charge < -0.3 is 14.7 Å².